The van der Waals surface area contributed by atoms with Gasteiger partial charge in [-0.2, -0.15) is 0 Å². The quantitative estimate of drug-likeness (QED) is 0.615. The van der Waals surface area contributed by atoms with Gasteiger partial charge in [0, 0.05) is 0 Å². The van der Waals surface area contributed by atoms with E-state index < -0.39 is 0 Å². The molecular formula is C16H15NO4. The second kappa shape index (κ2) is 4.62. The molecule has 1 fully saturated rings. The highest BCUT2D eigenvalue weighted by Crippen LogP contribution is 2.37. The SMILES string of the molecule is O=C1[C@H]2CC=CC[C@@H]2C(=O)N1Cc1ccc2c(c1)OCO2. The molecule has 5 heteroatoms. The fourth-order valence-electron chi connectivity index (χ4n) is 3.25. The van der Waals surface area contributed by atoms with E-state index in [9.17, 15) is 9.59 Å². The Kier molecular flexibility index (Phi) is 2.74. The number of amides is 2. The summed E-state index contributed by atoms with van der Waals surface area (Å²) < 4.78 is 10.6. The van der Waals surface area contributed by atoms with Crippen LogP contribution in [-0.4, -0.2) is 23.5 Å². The van der Waals surface area contributed by atoms with Crippen molar-refractivity contribution in [1.29, 1.82) is 0 Å². The molecule has 1 saturated heterocycles. The molecule has 0 unspecified atom stereocenters. The summed E-state index contributed by atoms with van der Waals surface area (Å²) in [5.74, 6) is 0.938. The van der Waals surface area contributed by atoms with Crippen LogP contribution in [0.4, 0.5) is 0 Å². The van der Waals surface area contributed by atoms with Gasteiger partial charge in [-0.15, -0.1) is 0 Å². The van der Waals surface area contributed by atoms with E-state index in [0.29, 0.717) is 30.9 Å². The predicted octanol–water partition coefficient (Wildman–Crippen LogP) is 1.87. The standard InChI is InChI=1S/C16H15NO4/c18-15-11-3-1-2-4-12(11)16(19)17(15)8-10-5-6-13-14(7-10)21-9-20-13/h1-2,5-7,11-12H,3-4,8-9H2/t11-,12-/m0/s1. The minimum atomic E-state index is -0.170. The van der Waals surface area contributed by atoms with E-state index in [1.807, 2.05) is 30.4 Å². The molecule has 5 nitrogen and oxygen atoms in total. The summed E-state index contributed by atoms with van der Waals surface area (Å²) in [7, 11) is 0. The topological polar surface area (TPSA) is 55.8 Å². The molecule has 1 aromatic rings. The molecule has 0 saturated carbocycles. The van der Waals surface area contributed by atoms with E-state index in [2.05, 4.69) is 0 Å². The summed E-state index contributed by atoms with van der Waals surface area (Å²) in [6, 6.07) is 5.52. The van der Waals surface area contributed by atoms with Gasteiger partial charge in [-0.05, 0) is 30.5 Å². The van der Waals surface area contributed by atoms with Crippen LogP contribution >= 0.6 is 0 Å². The molecule has 0 N–H and O–H groups in total. The molecule has 0 aromatic heterocycles. The predicted molar refractivity (Wildman–Crippen MR) is 73.5 cm³/mol. The lowest BCUT2D eigenvalue weighted by atomic mass is 9.85. The Morgan fingerprint density at radius 2 is 1.67 bits per heavy atom. The number of hydrogen-bond donors (Lipinski definition) is 0. The molecule has 2 atom stereocenters. The Hall–Kier alpha value is -2.30. The molecular weight excluding hydrogens is 270 g/mol. The van der Waals surface area contributed by atoms with Crippen molar-refractivity contribution in [2.24, 2.45) is 11.8 Å². The molecule has 0 bridgehead atoms. The number of likely N-dealkylation sites (tertiary alicyclic amines) is 1. The number of nitrogens with zero attached hydrogens (tertiary/aromatic N) is 1. The maximum absolute atomic E-state index is 12.4. The lowest BCUT2D eigenvalue weighted by Gasteiger charge is -2.15. The summed E-state index contributed by atoms with van der Waals surface area (Å²) in [6.07, 6.45) is 5.34. The average Bonchev–Trinajstić information content (AvgIpc) is 3.06. The molecule has 2 heterocycles. The number of hydrogen-bond acceptors (Lipinski definition) is 4. The highest BCUT2D eigenvalue weighted by Gasteiger charge is 2.46. The fourth-order valence-corrected chi connectivity index (χ4v) is 3.25. The highest BCUT2D eigenvalue weighted by molar-refractivity contribution is 6.05. The van der Waals surface area contributed by atoms with Gasteiger partial charge in [0.2, 0.25) is 18.6 Å². The van der Waals surface area contributed by atoms with Gasteiger partial charge in [0.1, 0.15) is 0 Å². The van der Waals surface area contributed by atoms with Crippen LogP contribution in [0.5, 0.6) is 11.5 Å². The zero-order chi connectivity index (χ0) is 14.4. The second-order valence-corrected chi connectivity index (χ2v) is 5.61. The third-order valence-corrected chi connectivity index (χ3v) is 4.38. The number of carbonyl (C=O) groups excluding carboxylic acids is 2. The average molecular weight is 285 g/mol. The first-order chi connectivity index (χ1) is 10.2. The molecule has 2 aliphatic heterocycles. The second-order valence-electron chi connectivity index (χ2n) is 5.61. The number of imide groups is 1. The van der Waals surface area contributed by atoms with Crippen LogP contribution in [0.15, 0.2) is 30.4 Å². The highest BCUT2D eigenvalue weighted by atomic mass is 16.7. The van der Waals surface area contributed by atoms with Gasteiger partial charge in [-0.3, -0.25) is 14.5 Å². The summed E-state index contributed by atoms with van der Waals surface area (Å²) in [4.78, 5) is 26.2. The van der Waals surface area contributed by atoms with Gasteiger partial charge in [0.25, 0.3) is 0 Å². The smallest absolute Gasteiger partial charge is 0.233 e. The third-order valence-electron chi connectivity index (χ3n) is 4.38. The number of carbonyl (C=O) groups is 2. The normalized spacial score (nSPS) is 26.4. The van der Waals surface area contributed by atoms with E-state index in [0.717, 1.165) is 5.56 Å². The van der Waals surface area contributed by atoms with Crippen LogP contribution in [0.1, 0.15) is 18.4 Å². The van der Waals surface area contributed by atoms with Crippen LogP contribution in [0, 0.1) is 11.8 Å². The number of fused-ring (bicyclic) bond motifs is 2. The third kappa shape index (κ3) is 1.92. The molecule has 4 rings (SSSR count). The van der Waals surface area contributed by atoms with Crippen LogP contribution in [-0.2, 0) is 16.1 Å². The van der Waals surface area contributed by atoms with Gasteiger partial charge in [0.15, 0.2) is 11.5 Å². The molecule has 2 amide bonds. The Bertz CT molecular complexity index is 626. The molecule has 0 spiro atoms. The van der Waals surface area contributed by atoms with Crippen molar-refractivity contribution < 1.29 is 19.1 Å². The van der Waals surface area contributed by atoms with Crippen LogP contribution in [0.2, 0.25) is 0 Å². The van der Waals surface area contributed by atoms with E-state index in [1.54, 1.807) is 0 Å². The molecule has 21 heavy (non-hydrogen) atoms. The van der Waals surface area contributed by atoms with E-state index >= 15 is 0 Å². The van der Waals surface area contributed by atoms with E-state index in [-0.39, 0.29) is 30.4 Å². The van der Waals surface area contributed by atoms with Crippen LogP contribution < -0.4 is 9.47 Å². The number of allylic oxidation sites excluding steroid dienone is 2. The first-order valence-corrected chi connectivity index (χ1v) is 7.13. The maximum atomic E-state index is 12.4. The summed E-state index contributed by atoms with van der Waals surface area (Å²) in [5.41, 5.74) is 0.882. The van der Waals surface area contributed by atoms with Crippen molar-refractivity contribution in [3.05, 3.63) is 35.9 Å². The Balaban J connectivity index is 1.57. The lowest BCUT2D eigenvalue weighted by Crippen LogP contribution is -2.30. The Morgan fingerprint density at radius 3 is 2.38 bits per heavy atom. The number of rotatable bonds is 2. The van der Waals surface area contributed by atoms with Crippen molar-refractivity contribution in [2.45, 2.75) is 19.4 Å². The van der Waals surface area contributed by atoms with E-state index in [1.165, 1.54) is 4.90 Å². The van der Waals surface area contributed by atoms with Gasteiger partial charge in [0.05, 0.1) is 18.4 Å². The summed E-state index contributed by atoms with van der Waals surface area (Å²) in [6.45, 7) is 0.525. The van der Waals surface area contributed by atoms with Gasteiger partial charge >= 0.3 is 0 Å². The Morgan fingerprint density at radius 1 is 1.00 bits per heavy atom. The van der Waals surface area contributed by atoms with Crippen molar-refractivity contribution >= 4 is 11.8 Å². The van der Waals surface area contributed by atoms with Gasteiger partial charge in [-0.1, -0.05) is 18.2 Å². The molecule has 0 radical (unpaired) electrons. The zero-order valence-corrected chi connectivity index (χ0v) is 11.5. The van der Waals surface area contributed by atoms with Crippen molar-refractivity contribution in [1.82, 2.24) is 4.90 Å². The fraction of sp³-hybridized carbons (Fsp3) is 0.375. The van der Waals surface area contributed by atoms with Crippen molar-refractivity contribution in [2.75, 3.05) is 6.79 Å². The first-order valence-electron chi connectivity index (χ1n) is 7.13. The molecule has 108 valence electrons. The zero-order valence-electron chi connectivity index (χ0n) is 11.5. The minimum absolute atomic E-state index is 0.0491. The van der Waals surface area contributed by atoms with Crippen molar-refractivity contribution in [3.8, 4) is 11.5 Å². The van der Waals surface area contributed by atoms with E-state index in [4.69, 9.17) is 9.47 Å². The molecule has 1 aromatic carbocycles. The van der Waals surface area contributed by atoms with Crippen LogP contribution in [0.3, 0.4) is 0 Å². The molecule has 1 aliphatic carbocycles. The summed E-state index contributed by atoms with van der Waals surface area (Å²) in [5, 5.41) is 0. The van der Waals surface area contributed by atoms with Crippen LogP contribution in [0.25, 0.3) is 0 Å². The largest absolute Gasteiger partial charge is 0.454 e. The van der Waals surface area contributed by atoms with Gasteiger partial charge in [-0.25, -0.2) is 0 Å². The number of benzene rings is 1. The maximum Gasteiger partial charge on any atom is 0.233 e. The number of ether oxygens (including phenoxy) is 2. The molecule has 3 aliphatic rings. The monoisotopic (exact) mass is 285 g/mol. The minimum Gasteiger partial charge on any atom is -0.454 e. The lowest BCUT2D eigenvalue weighted by molar-refractivity contribution is -0.140. The first kappa shape index (κ1) is 12.4. The Labute approximate surface area is 122 Å². The van der Waals surface area contributed by atoms with Crippen molar-refractivity contribution in [3.63, 3.8) is 0 Å². The van der Waals surface area contributed by atoms with Gasteiger partial charge < -0.3 is 9.47 Å². The summed E-state index contributed by atoms with van der Waals surface area (Å²) >= 11 is 0.